The molecule has 0 aromatic carbocycles. The first-order valence-corrected chi connectivity index (χ1v) is 65.8. The molecule has 7 saturated heterocycles. The second-order valence-corrected chi connectivity index (χ2v) is 69.6. The number of alkyl halides is 2. The zero-order valence-corrected chi connectivity index (χ0v) is 90.9. The Balaban J connectivity index is 0.000000140. The second kappa shape index (κ2) is 42.7. The Morgan fingerprint density at radius 3 is 0.980 bits per heavy atom. The molecule has 12 aromatic rings. The van der Waals surface area contributed by atoms with Crippen molar-refractivity contribution in [1.29, 1.82) is 0 Å². The van der Waals surface area contributed by atoms with Crippen molar-refractivity contribution < 1.29 is 83.5 Å². The van der Waals surface area contributed by atoms with Crippen LogP contribution in [0.3, 0.4) is 0 Å². The number of anilines is 6. The number of aromatic nitrogens is 24. The summed E-state index contributed by atoms with van der Waals surface area (Å²) in [6.07, 6.45) is 25.2. The molecule has 19 rings (SSSR count). The molecule has 19 heterocycles. The summed E-state index contributed by atoms with van der Waals surface area (Å²) in [5.74, 6) is -0.279. The summed E-state index contributed by atoms with van der Waals surface area (Å²) in [6.45, 7) is 22.8. The Morgan fingerprint density at radius 2 is 0.649 bits per heavy atom. The highest BCUT2D eigenvalue weighted by molar-refractivity contribution is 7.73. The van der Waals surface area contributed by atoms with Crippen LogP contribution in [0.1, 0.15) is 96.7 Å². The third-order valence-electron chi connectivity index (χ3n) is 26.5. The molecule has 60 heteroatoms. The minimum Gasteiger partial charge on any atom is -0.389 e. The summed E-state index contributed by atoms with van der Waals surface area (Å²) in [7, 11) is 0. The van der Waals surface area contributed by atoms with Crippen molar-refractivity contribution in [1.82, 2.24) is 117 Å². The molecule has 0 amide bonds. The SMILES string of the molecule is C=P(C)(C)CC[C@@]1(C)O[C@@H](n2cnc3c(=O)[nH]c(N)nc32)[C@H](O)[C@@H]1O.C=P(C)(C)CC[C@@]12CO[C@@H]([C@H](n3cnc4c(=O)[nH]c(N)nc43)O1)[C@@H]2O.C=P(C)(C)CC[C@H]1O[C@@H](n2cnc3c(=O)[nH]c(N)nc32)[C@@](C)(O)[C@@H]1O.C=P(C)(C)CC[C@H]1O[C@@H](n2cnc3c(=O)[nH]c(N)nc32)[C@H](Cl)[C@@H]1O.C=P(C)(C)CC[C@H]1O[C@@H](n2cnc3c(=O)[nH]c(N)nc32)[C@H](F)[C@@H]1O.C=P(C)(C)CC[C@H]1O[C@@H](n2cnc3c(=O)[nH]c(N)nc32)[C@](C)(O)[C@@H]1O. The Kier molecular flexibility index (Phi) is 32.9. The molecule has 7 aliphatic rings. The van der Waals surface area contributed by atoms with E-state index in [0.29, 0.717) is 50.8 Å². The highest BCUT2D eigenvalue weighted by atomic mass is 35.5. The van der Waals surface area contributed by atoms with Crippen LogP contribution in [0.25, 0.3) is 67.0 Å². The number of fused-ring (bicyclic) bond motifs is 8. The van der Waals surface area contributed by atoms with Gasteiger partial charge in [0.15, 0.2) is 111 Å². The van der Waals surface area contributed by atoms with Gasteiger partial charge in [0.1, 0.15) is 71.0 Å². The Hall–Kier alpha value is -9.72. The summed E-state index contributed by atoms with van der Waals surface area (Å²) in [4.78, 5) is 134. The van der Waals surface area contributed by atoms with Gasteiger partial charge >= 0.3 is 0 Å². The summed E-state index contributed by atoms with van der Waals surface area (Å²) in [6, 6.07) is 0. The van der Waals surface area contributed by atoms with Crippen LogP contribution < -0.4 is 67.8 Å². The van der Waals surface area contributed by atoms with Crippen molar-refractivity contribution in [3.05, 3.63) is 100 Å². The fourth-order valence-corrected chi connectivity index (χ4v) is 24.4. The molecule has 0 radical (unpaired) electrons. The van der Waals surface area contributed by atoms with Crippen LogP contribution in [0.5, 0.6) is 0 Å². The zero-order valence-electron chi connectivity index (χ0n) is 84.7. The summed E-state index contributed by atoms with van der Waals surface area (Å²) < 4.78 is 64.9. The molecule has 814 valence electrons. The minimum atomic E-state index is -1.65. The van der Waals surface area contributed by atoms with Crippen LogP contribution in [0, 0.1) is 0 Å². The Labute approximate surface area is 851 Å². The first kappa shape index (κ1) is 114. The number of aliphatic hydroxyl groups is 9. The number of aliphatic hydroxyl groups excluding tert-OH is 7. The van der Waals surface area contributed by atoms with E-state index in [-0.39, 0.29) is 97.0 Å². The maximum atomic E-state index is 14.6. The molecule has 52 nitrogen and oxygen atoms in total. The largest absolute Gasteiger partial charge is 0.389 e. The molecular weight excluding hydrogens is 2070 g/mol. The molecular formula is C88H136ClFN30O22P6. The smallest absolute Gasteiger partial charge is 0.280 e. The molecule has 7 fully saturated rings. The van der Waals surface area contributed by atoms with Crippen LogP contribution in [-0.4, -0.2) is 432 Å². The van der Waals surface area contributed by atoms with Gasteiger partial charge in [0.25, 0.3) is 33.4 Å². The highest BCUT2D eigenvalue weighted by Gasteiger charge is 2.62. The molecule has 148 heavy (non-hydrogen) atoms. The molecule has 2 bridgehead atoms. The molecule has 24 atom stereocenters. The maximum absolute atomic E-state index is 14.6. The summed E-state index contributed by atoms with van der Waals surface area (Å²) in [5, 5.41) is 94.3. The highest BCUT2D eigenvalue weighted by Crippen LogP contribution is 2.53. The average Bonchev–Trinajstić information content (AvgIpc) is 1.56. The normalized spacial score (nSPS) is 29.7. The average molecular weight is 2210 g/mol. The lowest BCUT2D eigenvalue weighted by atomic mass is 9.95. The van der Waals surface area contributed by atoms with E-state index in [4.69, 9.17) is 79.2 Å². The molecule has 0 unspecified atom stereocenters. The lowest BCUT2D eigenvalue weighted by Gasteiger charge is -2.32. The van der Waals surface area contributed by atoms with Crippen molar-refractivity contribution in [2.75, 3.05) is 158 Å². The van der Waals surface area contributed by atoms with Gasteiger partial charge < -0.3 is 114 Å². The van der Waals surface area contributed by atoms with E-state index in [2.05, 4.69) is 207 Å². The predicted octanol–water partition coefficient (Wildman–Crippen LogP) is 0.324. The van der Waals surface area contributed by atoms with Crippen LogP contribution >= 0.6 is 52.9 Å². The van der Waals surface area contributed by atoms with Gasteiger partial charge in [0, 0.05) is 0 Å². The number of imidazole rings is 6. The van der Waals surface area contributed by atoms with E-state index in [9.17, 15) is 79.1 Å². The van der Waals surface area contributed by atoms with E-state index in [1.54, 1.807) is 16.1 Å². The standard InChI is InChI=1S/C15H22N5O4P.3C15H24N5O4P.C14H21ClN5O3P.C14H21FN5O3P/c1-25(2,3)5-4-15-6-23-9(10(15)21)13(24-15)20-7-17-8-11(20)18-14(16)19-12(8)22;1-15(5-6-25(2,3)4)10(22)9(21)13(24-15)20-7-17-8-11(20)18-14(16)19-12(8)23;2*1-15(23)10(21)8(5-6-25(2,3)4)24-13(15)20-7-17-9-11(20)18-14(16)19-12(9)22;2*1-24(2,3)5-4-7-10(21)8(15)13(23-7)20-6-17-9-11(20)18-14(16)19-12(9)22/h7,9-10,13,21H,1,4-6H2,2-3H3,(H3,16,18,19,22);7,9-10,13,21-22H,2,5-6H2,1,3-4H3,(H3,16,18,19,23);2*7-8,10,13,21,23H,2,5-6H2,1,3-4H3,(H3,16,18,19,22);2*6-8,10,13,21H,1,4-5H2,2-3H3,(H3,16,18,19,22)/t9-,10+,13-,15+;9-,10+,13-,15-;8-,10-,13-,15+;8-,10-,13-,15-;2*7-,8-,10-,13-/m111111/s1. The number of nitrogen functional groups attached to an aromatic ring is 6. The van der Waals surface area contributed by atoms with Crippen LogP contribution in [0.2, 0.25) is 0 Å². The summed E-state index contributed by atoms with van der Waals surface area (Å²) >= 11 is 6.37. The van der Waals surface area contributed by atoms with Gasteiger partial charge in [-0.3, -0.25) is 86.1 Å². The molecule has 7 aliphatic heterocycles. The fourth-order valence-electron chi connectivity index (χ4n) is 18.2. The number of hydrogen-bond donors (Lipinski definition) is 21. The Bertz CT molecular complexity index is 7250. The lowest BCUT2D eigenvalue weighted by molar-refractivity contribution is -0.172. The van der Waals surface area contributed by atoms with Crippen molar-refractivity contribution in [2.45, 2.75) is 204 Å². The molecule has 0 saturated carbocycles. The van der Waals surface area contributed by atoms with Gasteiger partial charge in [-0.05, 0) is 176 Å². The second-order valence-electron chi connectivity index (χ2n) is 43.2. The first-order chi connectivity index (χ1) is 68.6. The number of nitrogens with zero attached hydrogens (tertiary/aromatic N) is 18. The van der Waals surface area contributed by atoms with Crippen molar-refractivity contribution >= 4 is 193 Å². The van der Waals surface area contributed by atoms with Crippen LogP contribution in [0.15, 0.2) is 66.7 Å². The number of nitrogens with one attached hydrogen (secondary N) is 6. The first-order valence-electron chi connectivity index (χ1n) is 47.0. The number of aromatic amines is 6. The van der Waals surface area contributed by atoms with Gasteiger partial charge in [0.05, 0.1) is 74.6 Å². The monoisotopic (exact) mass is 2200 g/mol. The van der Waals surface area contributed by atoms with E-state index in [1.165, 1.54) is 70.1 Å². The van der Waals surface area contributed by atoms with E-state index in [0.717, 1.165) is 37.0 Å². The number of rotatable bonds is 24. The number of H-pyrrole nitrogens is 6. The molecule has 12 aromatic heterocycles. The van der Waals surface area contributed by atoms with Gasteiger partial charge in [-0.15, -0.1) is 90.7 Å². The molecule has 27 N–H and O–H groups in total. The number of nitrogens with two attached hydrogens (primary N) is 6. The minimum absolute atomic E-state index is 0.00203. The zero-order chi connectivity index (χ0) is 109. The molecule has 0 aliphatic carbocycles. The third kappa shape index (κ3) is 24.6. The van der Waals surface area contributed by atoms with Gasteiger partial charge in [-0.1, -0.05) is 0 Å². The lowest BCUT2D eigenvalue weighted by Crippen LogP contribution is -2.43. The molecule has 0 spiro atoms. The number of hydrogen-bond acceptors (Lipinski definition) is 40. The van der Waals surface area contributed by atoms with Crippen molar-refractivity contribution in [3.8, 4) is 0 Å². The van der Waals surface area contributed by atoms with Gasteiger partial charge in [-0.25, -0.2) is 34.3 Å². The van der Waals surface area contributed by atoms with Crippen molar-refractivity contribution in [3.63, 3.8) is 0 Å². The maximum Gasteiger partial charge on any atom is 0.280 e. The van der Waals surface area contributed by atoms with Crippen LogP contribution in [0.4, 0.5) is 40.1 Å². The number of ether oxygens (including phenoxy) is 7. The van der Waals surface area contributed by atoms with Crippen molar-refractivity contribution in [2.24, 2.45) is 0 Å². The third-order valence-corrected chi connectivity index (χ3v) is 35.7. The van der Waals surface area contributed by atoms with Gasteiger partial charge in [-0.2, -0.15) is 29.9 Å². The topological polar surface area (TPSA) is 784 Å². The van der Waals surface area contributed by atoms with Gasteiger partial charge in [0.2, 0.25) is 35.7 Å². The Morgan fingerprint density at radius 1 is 0.372 bits per heavy atom. The number of halogens is 2. The summed E-state index contributed by atoms with van der Waals surface area (Å²) in [5.41, 5.74) is 28.0. The fraction of sp³-hybridized carbons (Fsp3) is 0.591. The predicted molar refractivity (Wildman–Crippen MR) is 582 cm³/mol. The van der Waals surface area contributed by atoms with E-state index < -0.39 is 219 Å². The van der Waals surface area contributed by atoms with Crippen LogP contribution in [-0.2, 0) is 33.2 Å². The van der Waals surface area contributed by atoms with E-state index in [1.807, 2.05) is 0 Å². The quantitative estimate of drug-likeness (QED) is 0.0286. The van der Waals surface area contributed by atoms with E-state index >= 15 is 0 Å².